The third-order valence-electron chi connectivity index (χ3n) is 3.72. The van der Waals surface area contributed by atoms with Gasteiger partial charge in [-0.3, -0.25) is 4.79 Å². The highest BCUT2D eigenvalue weighted by Crippen LogP contribution is 2.27. The molecule has 1 aliphatic heterocycles. The zero-order valence-electron chi connectivity index (χ0n) is 13.5. The quantitative estimate of drug-likeness (QED) is 0.650. The fraction of sp³-hybridized carbons (Fsp3) is 0.158. The van der Waals surface area contributed by atoms with E-state index in [1.165, 1.54) is 0 Å². The van der Waals surface area contributed by atoms with Crippen LogP contribution in [-0.4, -0.2) is 18.4 Å². The number of benzene rings is 2. The molecule has 25 heavy (non-hydrogen) atoms. The van der Waals surface area contributed by atoms with Gasteiger partial charge in [-0.25, -0.2) is 4.79 Å². The first-order valence-corrected chi connectivity index (χ1v) is 8.12. The molecule has 0 aromatic heterocycles. The molecule has 1 aliphatic rings. The van der Waals surface area contributed by atoms with E-state index in [-0.39, 0.29) is 18.1 Å². The minimum atomic E-state index is -0.742. The van der Waals surface area contributed by atoms with Crippen LogP contribution in [0.3, 0.4) is 0 Å². The summed E-state index contributed by atoms with van der Waals surface area (Å²) in [6.07, 6.45) is -0.597. The van der Waals surface area contributed by atoms with Crippen LogP contribution in [0.1, 0.15) is 18.6 Å². The van der Waals surface area contributed by atoms with Gasteiger partial charge in [-0.2, -0.15) is 0 Å². The van der Waals surface area contributed by atoms with Gasteiger partial charge in [0.25, 0.3) is 0 Å². The minimum Gasteiger partial charge on any atom is -0.470 e. The number of hydrogen-bond acceptors (Lipinski definition) is 5. The van der Waals surface area contributed by atoms with Crippen molar-refractivity contribution >= 4 is 29.0 Å². The summed E-state index contributed by atoms with van der Waals surface area (Å²) in [6.45, 7) is 1.50. The number of halogens is 1. The van der Waals surface area contributed by atoms with Crippen molar-refractivity contribution in [2.45, 2.75) is 13.0 Å². The molecule has 1 N–H and O–H groups in total. The summed E-state index contributed by atoms with van der Waals surface area (Å²) in [5.74, 6) is -1.06. The van der Waals surface area contributed by atoms with Gasteiger partial charge >= 0.3 is 5.97 Å². The van der Waals surface area contributed by atoms with Crippen LogP contribution in [0.5, 0.6) is 0 Å². The van der Waals surface area contributed by atoms with E-state index in [1.54, 1.807) is 43.3 Å². The second kappa shape index (κ2) is 7.40. The van der Waals surface area contributed by atoms with Gasteiger partial charge in [0, 0.05) is 16.3 Å². The van der Waals surface area contributed by atoms with Gasteiger partial charge in [-0.1, -0.05) is 48.0 Å². The monoisotopic (exact) mass is 357 g/mol. The summed E-state index contributed by atoms with van der Waals surface area (Å²) in [7, 11) is 0. The van der Waals surface area contributed by atoms with Crippen molar-refractivity contribution in [2.75, 3.05) is 11.9 Å². The molecule has 0 fully saturated rings. The number of anilines is 1. The molecule has 6 heteroatoms. The van der Waals surface area contributed by atoms with Crippen LogP contribution in [0, 0.1) is 0 Å². The SMILES string of the molecule is C[C@H](OC(=O)C1=C(Nc2ccccc2)OCC1=O)c1ccccc1Cl. The third-order valence-corrected chi connectivity index (χ3v) is 4.06. The number of carbonyl (C=O) groups excluding carboxylic acids is 2. The number of carbonyl (C=O) groups is 2. The maximum Gasteiger partial charge on any atom is 0.348 e. The van der Waals surface area contributed by atoms with Gasteiger partial charge in [-0.05, 0) is 25.1 Å². The van der Waals surface area contributed by atoms with Crippen molar-refractivity contribution in [1.29, 1.82) is 0 Å². The molecule has 0 saturated heterocycles. The molecule has 2 aromatic rings. The van der Waals surface area contributed by atoms with Crippen LogP contribution in [0.15, 0.2) is 66.1 Å². The predicted octanol–water partition coefficient (Wildman–Crippen LogP) is 3.87. The topological polar surface area (TPSA) is 64.6 Å². The lowest BCUT2D eigenvalue weighted by Gasteiger charge is -2.15. The molecule has 2 aromatic carbocycles. The first-order chi connectivity index (χ1) is 12.1. The molecule has 1 atom stereocenters. The van der Waals surface area contributed by atoms with Crippen LogP contribution < -0.4 is 5.32 Å². The van der Waals surface area contributed by atoms with Crippen LogP contribution >= 0.6 is 11.6 Å². The molecule has 5 nitrogen and oxygen atoms in total. The molecule has 0 spiro atoms. The van der Waals surface area contributed by atoms with E-state index in [4.69, 9.17) is 21.1 Å². The van der Waals surface area contributed by atoms with Crippen molar-refractivity contribution in [3.8, 4) is 0 Å². The summed E-state index contributed by atoms with van der Waals surface area (Å²) >= 11 is 6.12. The molecule has 1 heterocycles. The summed E-state index contributed by atoms with van der Waals surface area (Å²) < 4.78 is 10.7. The number of Topliss-reactive ketones (excluding diaryl/α,β-unsaturated/α-hetero) is 1. The van der Waals surface area contributed by atoms with E-state index in [0.717, 1.165) is 0 Å². The Hall–Kier alpha value is -2.79. The Morgan fingerprint density at radius 2 is 1.84 bits per heavy atom. The largest absolute Gasteiger partial charge is 0.470 e. The number of esters is 1. The standard InChI is InChI=1S/C19H16ClNO4/c1-12(14-9-5-6-10-15(14)20)25-19(23)17-16(22)11-24-18(17)21-13-7-3-2-4-8-13/h2-10,12,21H,11H2,1H3/t12-/m0/s1. The molecule has 0 amide bonds. The van der Waals surface area contributed by atoms with E-state index < -0.39 is 17.9 Å². The fourth-order valence-corrected chi connectivity index (χ4v) is 2.74. The highest BCUT2D eigenvalue weighted by Gasteiger charge is 2.33. The Labute approximate surface area is 150 Å². The summed E-state index contributed by atoms with van der Waals surface area (Å²) in [6, 6.07) is 16.2. The van der Waals surface area contributed by atoms with Crippen molar-refractivity contribution in [2.24, 2.45) is 0 Å². The van der Waals surface area contributed by atoms with Crippen LogP contribution in [-0.2, 0) is 19.1 Å². The average molecular weight is 358 g/mol. The molecule has 0 radical (unpaired) electrons. The zero-order valence-corrected chi connectivity index (χ0v) is 14.2. The minimum absolute atomic E-state index is 0.104. The van der Waals surface area contributed by atoms with Crippen LogP contribution in [0.2, 0.25) is 5.02 Å². The van der Waals surface area contributed by atoms with E-state index in [9.17, 15) is 9.59 Å². The predicted molar refractivity (Wildman–Crippen MR) is 94.0 cm³/mol. The number of para-hydroxylation sites is 1. The number of nitrogens with one attached hydrogen (secondary N) is 1. The Bertz CT molecular complexity index is 832. The summed E-state index contributed by atoms with van der Waals surface area (Å²) in [4.78, 5) is 24.5. The smallest absolute Gasteiger partial charge is 0.348 e. The second-order valence-corrected chi connectivity index (χ2v) is 5.88. The third kappa shape index (κ3) is 3.83. The highest BCUT2D eigenvalue weighted by atomic mass is 35.5. The second-order valence-electron chi connectivity index (χ2n) is 5.48. The molecule has 0 aliphatic carbocycles. The van der Waals surface area contributed by atoms with E-state index in [2.05, 4.69) is 5.32 Å². The van der Waals surface area contributed by atoms with Crippen molar-refractivity contribution in [3.63, 3.8) is 0 Å². The van der Waals surface area contributed by atoms with Gasteiger partial charge in [0.1, 0.15) is 6.10 Å². The number of hydrogen-bond donors (Lipinski definition) is 1. The Morgan fingerprint density at radius 3 is 2.56 bits per heavy atom. The van der Waals surface area contributed by atoms with Crippen molar-refractivity contribution < 1.29 is 19.1 Å². The Balaban J connectivity index is 1.80. The molecule has 0 bridgehead atoms. The normalized spacial score (nSPS) is 14.9. The summed E-state index contributed by atoms with van der Waals surface area (Å²) in [5, 5.41) is 3.43. The van der Waals surface area contributed by atoms with Crippen molar-refractivity contribution in [3.05, 3.63) is 76.6 Å². The van der Waals surface area contributed by atoms with Gasteiger partial charge in [0.05, 0.1) is 0 Å². The number of rotatable bonds is 5. The van der Waals surface area contributed by atoms with E-state index in [1.807, 2.05) is 18.2 Å². The van der Waals surface area contributed by atoms with Crippen LogP contribution in [0.4, 0.5) is 5.69 Å². The number of ether oxygens (including phenoxy) is 2. The Morgan fingerprint density at radius 1 is 1.16 bits per heavy atom. The highest BCUT2D eigenvalue weighted by molar-refractivity contribution is 6.31. The lowest BCUT2D eigenvalue weighted by molar-refractivity contribution is -0.144. The molecular weight excluding hydrogens is 342 g/mol. The van der Waals surface area contributed by atoms with Gasteiger partial charge in [0.2, 0.25) is 11.7 Å². The Kier molecular flexibility index (Phi) is 5.05. The first-order valence-electron chi connectivity index (χ1n) is 7.74. The van der Waals surface area contributed by atoms with Gasteiger partial charge < -0.3 is 14.8 Å². The van der Waals surface area contributed by atoms with E-state index in [0.29, 0.717) is 16.3 Å². The first kappa shape index (κ1) is 17.0. The van der Waals surface area contributed by atoms with Gasteiger partial charge in [0.15, 0.2) is 12.2 Å². The van der Waals surface area contributed by atoms with Crippen molar-refractivity contribution in [1.82, 2.24) is 0 Å². The molecule has 0 unspecified atom stereocenters. The molecule has 128 valence electrons. The fourth-order valence-electron chi connectivity index (χ4n) is 2.45. The zero-order chi connectivity index (χ0) is 17.8. The summed E-state index contributed by atoms with van der Waals surface area (Å²) in [5.41, 5.74) is 1.25. The van der Waals surface area contributed by atoms with Gasteiger partial charge in [-0.15, -0.1) is 0 Å². The lowest BCUT2D eigenvalue weighted by Crippen LogP contribution is -2.18. The number of ketones is 1. The average Bonchev–Trinajstić information content (AvgIpc) is 2.96. The maximum absolute atomic E-state index is 12.5. The maximum atomic E-state index is 12.5. The molecular formula is C19H16ClNO4. The lowest BCUT2D eigenvalue weighted by atomic mass is 10.1. The molecule has 3 rings (SSSR count). The van der Waals surface area contributed by atoms with E-state index >= 15 is 0 Å². The molecule has 0 saturated carbocycles. The van der Waals surface area contributed by atoms with Crippen LogP contribution in [0.25, 0.3) is 0 Å².